The number of ether oxygens (including phenoxy) is 1. The van der Waals surface area contributed by atoms with Crippen LogP contribution in [0.1, 0.15) is 15.9 Å². The number of rotatable bonds is 4. The highest BCUT2D eigenvalue weighted by molar-refractivity contribution is 9.10. The largest absolute Gasteiger partial charge is 0.496 e. The normalized spacial score (nSPS) is 14.1. The van der Waals surface area contributed by atoms with Gasteiger partial charge in [0.05, 0.1) is 28.3 Å². The molecule has 2 aromatic carbocycles. The molecule has 1 heterocycles. The Morgan fingerprint density at radius 1 is 1.21 bits per heavy atom. The molecule has 3 rings (SSSR count). The van der Waals surface area contributed by atoms with E-state index in [0.717, 1.165) is 15.7 Å². The number of nitro benzene ring substituents is 1. The first kappa shape index (κ1) is 20.4. The Bertz CT molecular complexity index is 930. The lowest BCUT2D eigenvalue weighted by molar-refractivity contribution is -0.384. The molecule has 0 atom stereocenters. The summed E-state index contributed by atoms with van der Waals surface area (Å²) >= 11 is 9.66. The van der Waals surface area contributed by atoms with E-state index in [1.54, 1.807) is 24.1 Å². The Hall–Kier alpha value is -2.32. The maximum absolute atomic E-state index is 13.0. The van der Waals surface area contributed by atoms with Crippen molar-refractivity contribution in [1.82, 2.24) is 4.90 Å². The molecule has 1 amide bonds. The van der Waals surface area contributed by atoms with E-state index in [2.05, 4.69) is 15.9 Å². The first-order valence-corrected chi connectivity index (χ1v) is 9.81. The van der Waals surface area contributed by atoms with Gasteiger partial charge in [-0.2, -0.15) is 0 Å². The molecule has 0 bridgehead atoms. The van der Waals surface area contributed by atoms with Crippen LogP contribution in [0.25, 0.3) is 0 Å². The van der Waals surface area contributed by atoms with Crippen molar-refractivity contribution >= 4 is 44.8 Å². The van der Waals surface area contributed by atoms with E-state index in [-0.39, 0.29) is 11.6 Å². The van der Waals surface area contributed by atoms with Crippen molar-refractivity contribution in [3.05, 3.63) is 61.1 Å². The zero-order valence-corrected chi connectivity index (χ0v) is 17.8. The second-order valence-corrected chi connectivity index (χ2v) is 7.80. The first-order chi connectivity index (χ1) is 13.3. The van der Waals surface area contributed by atoms with Crippen LogP contribution in [0.15, 0.2) is 34.8 Å². The van der Waals surface area contributed by atoms with Crippen LogP contribution in [0.4, 0.5) is 11.4 Å². The number of carbonyl (C=O) groups is 1. The summed E-state index contributed by atoms with van der Waals surface area (Å²) in [4.78, 5) is 27.2. The minimum Gasteiger partial charge on any atom is -0.496 e. The molecule has 1 aliphatic heterocycles. The molecule has 0 saturated carbocycles. The molecule has 1 fully saturated rings. The summed E-state index contributed by atoms with van der Waals surface area (Å²) in [6.07, 6.45) is 0. The molecule has 0 unspecified atom stereocenters. The molecule has 9 heteroatoms. The van der Waals surface area contributed by atoms with Crippen molar-refractivity contribution in [2.24, 2.45) is 0 Å². The predicted octanol–water partition coefficient (Wildman–Crippen LogP) is 4.29. The van der Waals surface area contributed by atoms with Crippen LogP contribution in [0, 0.1) is 17.0 Å². The lowest BCUT2D eigenvalue weighted by atomic mass is 10.1. The van der Waals surface area contributed by atoms with E-state index in [9.17, 15) is 14.9 Å². The number of non-ortho nitro benzene ring substituents is 1. The number of anilines is 1. The van der Waals surface area contributed by atoms with Crippen LogP contribution in [0.3, 0.4) is 0 Å². The van der Waals surface area contributed by atoms with Crippen molar-refractivity contribution in [3.63, 3.8) is 0 Å². The van der Waals surface area contributed by atoms with Gasteiger partial charge in [0.15, 0.2) is 0 Å². The van der Waals surface area contributed by atoms with E-state index in [0.29, 0.717) is 42.5 Å². The summed E-state index contributed by atoms with van der Waals surface area (Å²) in [5, 5.41) is 11.2. The zero-order chi connectivity index (χ0) is 20.4. The summed E-state index contributed by atoms with van der Waals surface area (Å²) in [5.41, 5.74) is 2.10. The molecular weight excluding hydrogens is 450 g/mol. The number of halogens is 2. The monoisotopic (exact) mass is 467 g/mol. The van der Waals surface area contributed by atoms with E-state index in [1.807, 2.05) is 17.9 Å². The van der Waals surface area contributed by atoms with Gasteiger partial charge < -0.3 is 14.5 Å². The van der Waals surface area contributed by atoms with Gasteiger partial charge in [0.2, 0.25) is 0 Å². The standard InChI is InChI=1S/C19H19BrClN3O4/c1-12-9-13(20)10-15(18(12)28-2)19(25)23-7-5-22(6-8-23)17-4-3-14(24(26)27)11-16(17)21/h3-4,9-11H,5-8H2,1-2H3. The SMILES string of the molecule is COc1c(C)cc(Br)cc1C(=O)N1CCN(c2ccc([N+](=O)[O-])cc2Cl)CC1. The Labute approximate surface area is 176 Å². The predicted molar refractivity (Wildman–Crippen MR) is 112 cm³/mol. The summed E-state index contributed by atoms with van der Waals surface area (Å²) in [5.74, 6) is 0.490. The van der Waals surface area contributed by atoms with Gasteiger partial charge in [0, 0.05) is 42.8 Å². The molecule has 148 valence electrons. The third kappa shape index (κ3) is 4.07. The molecular formula is C19H19BrClN3O4. The van der Waals surface area contributed by atoms with Crippen molar-refractivity contribution < 1.29 is 14.5 Å². The summed E-state index contributed by atoms with van der Waals surface area (Å²) in [6.45, 7) is 4.09. The minimum atomic E-state index is -0.473. The van der Waals surface area contributed by atoms with Crippen molar-refractivity contribution in [2.45, 2.75) is 6.92 Å². The van der Waals surface area contributed by atoms with Gasteiger partial charge in [0.1, 0.15) is 5.75 Å². The number of nitro groups is 1. The van der Waals surface area contributed by atoms with Gasteiger partial charge in [-0.1, -0.05) is 27.5 Å². The Balaban J connectivity index is 1.74. The van der Waals surface area contributed by atoms with Gasteiger partial charge in [-0.15, -0.1) is 0 Å². The van der Waals surface area contributed by atoms with Gasteiger partial charge in [-0.3, -0.25) is 14.9 Å². The van der Waals surface area contributed by atoms with E-state index >= 15 is 0 Å². The summed E-state index contributed by atoms with van der Waals surface area (Å²) in [6, 6.07) is 8.12. The Kier molecular flexibility index (Phi) is 6.10. The van der Waals surface area contributed by atoms with E-state index < -0.39 is 4.92 Å². The summed E-state index contributed by atoms with van der Waals surface area (Å²) in [7, 11) is 1.56. The second kappa shape index (κ2) is 8.36. The molecule has 7 nitrogen and oxygen atoms in total. The van der Waals surface area contributed by atoms with Crippen molar-refractivity contribution in [2.75, 3.05) is 38.2 Å². The molecule has 2 aromatic rings. The summed E-state index contributed by atoms with van der Waals surface area (Å²) < 4.78 is 6.25. The number of amides is 1. The van der Waals surface area contributed by atoms with Crippen LogP contribution in [0.5, 0.6) is 5.75 Å². The third-order valence-corrected chi connectivity index (χ3v) is 5.48. The maximum Gasteiger partial charge on any atom is 0.271 e. The number of carbonyl (C=O) groups excluding carboxylic acids is 1. The number of hydrogen-bond donors (Lipinski definition) is 0. The molecule has 0 aliphatic carbocycles. The maximum atomic E-state index is 13.0. The fourth-order valence-corrected chi connectivity index (χ4v) is 4.21. The van der Waals surface area contributed by atoms with Gasteiger partial charge in [-0.25, -0.2) is 0 Å². The zero-order valence-electron chi connectivity index (χ0n) is 15.4. The molecule has 1 saturated heterocycles. The molecule has 0 spiro atoms. The van der Waals surface area contributed by atoms with Crippen molar-refractivity contribution in [3.8, 4) is 5.75 Å². The lowest BCUT2D eigenvalue weighted by Gasteiger charge is -2.36. The smallest absolute Gasteiger partial charge is 0.271 e. The molecule has 0 aromatic heterocycles. The van der Waals surface area contributed by atoms with Crippen LogP contribution in [-0.2, 0) is 0 Å². The Morgan fingerprint density at radius 3 is 2.46 bits per heavy atom. The van der Waals surface area contributed by atoms with Crippen LogP contribution < -0.4 is 9.64 Å². The first-order valence-electron chi connectivity index (χ1n) is 8.64. The molecule has 0 radical (unpaired) electrons. The Morgan fingerprint density at radius 2 is 1.89 bits per heavy atom. The number of hydrogen-bond acceptors (Lipinski definition) is 5. The lowest BCUT2D eigenvalue weighted by Crippen LogP contribution is -2.49. The van der Waals surface area contributed by atoms with Crippen LogP contribution in [0.2, 0.25) is 5.02 Å². The molecule has 0 N–H and O–H groups in total. The number of nitrogens with zero attached hydrogens (tertiary/aromatic N) is 3. The van der Waals surface area contributed by atoms with Gasteiger partial charge >= 0.3 is 0 Å². The van der Waals surface area contributed by atoms with Crippen LogP contribution in [-0.4, -0.2) is 49.0 Å². The minimum absolute atomic E-state index is 0.0420. The number of benzene rings is 2. The molecule has 1 aliphatic rings. The van der Waals surface area contributed by atoms with E-state index in [1.165, 1.54) is 12.1 Å². The quantitative estimate of drug-likeness (QED) is 0.494. The van der Waals surface area contributed by atoms with Crippen molar-refractivity contribution in [1.29, 1.82) is 0 Å². The van der Waals surface area contributed by atoms with E-state index in [4.69, 9.17) is 16.3 Å². The fraction of sp³-hybridized carbons (Fsp3) is 0.316. The average molecular weight is 469 g/mol. The van der Waals surface area contributed by atoms with Crippen LogP contribution >= 0.6 is 27.5 Å². The highest BCUT2D eigenvalue weighted by atomic mass is 79.9. The number of methoxy groups -OCH3 is 1. The number of aryl methyl sites for hydroxylation is 1. The average Bonchev–Trinajstić information content (AvgIpc) is 2.67. The fourth-order valence-electron chi connectivity index (χ4n) is 3.35. The van der Waals surface area contributed by atoms with Gasteiger partial charge in [0.25, 0.3) is 11.6 Å². The number of piperazine rings is 1. The second-order valence-electron chi connectivity index (χ2n) is 6.48. The highest BCUT2D eigenvalue weighted by Gasteiger charge is 2.26. The van der Waals surface area contributed by atoms with Gasteiger partial charge in [-0.05, 0) is 30.7 Å². The third-order valence-electron chi connectivity index (χ3n) is 4.72. The molecule has 28 heavy (non-hydrogen) atoms. The topological polar surface area (TPSA) is 75.9 Å². The highest BCUT2D eigenvalue weighted by Crippen LogP contribution is 2.32.